The summed E-state index contributed by atoms with van der Waals surface area (Å²) in [5.74, 6) is -0.181. The van der Waals surface area contributed by atoms with Crippen molar-refractivity contribution in [3.63, 3.8) is 0 Å². The number of rotatable bonds is 3. The van der Waals surface area contributed by atoms with Gasteiger partial charge in [0.05, 0.1) is 30.0 Å². The van der Waals surface area contributed by atoms with Gasteiger partial charge in [0.2, 0.25) is 5.91 Å². The molecule has 2 heterocycles. The van der Waals surface area contributed by atoms with Gasteiger partial charge in [0, 0.05) is 13.6 Å². The number of aromatic nitrogens is 1. The fourth-order valence-corrected chi connectivity index (χ4v) is 3.89. The summed E-state index contributed by atoms with van der Waals surface area (Å²) in [6, 6.07) is 7.19. The summed E-state index contributed by atoms with van der Waals surface area (Å²) in [5.41, 5.74) is 0.310. The molecule has 0 unspecified atom stereocenters. The zero-order valence-corrected chi connectivity index (χ0v) is 16.9. The first-order valence-electron chi connectivity index (χ1n) is 8.91. The first kappa shape index (κ1) is 19.6. The molecule has 2 aromatic rings. The van der Waals surface area contributed by atoms with Gasteiger partial charge in [0.15, 0.2) is 0 Å². The van der Waals surface area contributed by atoms with Crippen molar-refractivity contribution in [1.29, 1.82) is 0 Å². The topological polar surface area (TPSA) is 72.0 Å². The highest BCUT2D eigenvalue weighted by molar-refractivity contribution is 7.18. The maximum atomic E-state index is 13.0. The molecular formula is C19H25N3O4S. The predicted octanol–water partition coefficient (Wildman–Crippen LogP) is 2.89. The smallest absolute Gasteiger partial charge is 0.411 e. The van der Waals surface area contributed by atoms with Crippen molar-refractivity contribution in [1.82, 2.24) is 14.8 Å². The SMILES string of the molecule is CN(Cc1nc2ccccc2s1)C(=O)[C@H]1COCCN1C(=O)OC(C)(C)C. The van der Waals surface area contributed by atoms with E-state index in [0.717, 1.165) is 15.2 Å². The molecule has 0 aliphatic carbocycles. The summed E-state index contributed by atoms with van der Waals surface area (Å²) in [5, 5.41) is 0.854. The number of likely N-dealkylation sites (N-methyl/N-ethyl adjacent to an activating group) is 1. The zero-order chi connectivity index (χ0) is 19.6. The molecule has 1 atom stereocenters. The second kappa shape index (κ2) is 7.82. The second-order valence-corrected chi connectivity index (χ2v) is 8.65. The Bertz CT molecular complexity index is 797. The van der Waals surface area contributed by atoms with Crippen molar-refractivity contribution in [3.05, 3.63) is 29.3 Å². The number of hydrogen-bond donors (Lipinski definition) is 0. The Morgan fingerprint density at radius 1 is 1.37 bits per heavy atom. The Labute approximate surface area is 162 Å². The molecule has 7 nitrogen and oxygen atoms in total. The number of ether oxygens (including phenoxy) is 2. The standard InChI is InChI=1S/C19H25N3O4S/c1-19(2,3)26-18(24)22-9-10-25-12-14(22)17(23)21(4)11-16-20-13-7-5-6-8-15(13)27-16/h5-8,14H,9-12H2,1-4H3/t14-/m1/s1. The Balaban J connectivity index is 1.70. The summed E-state index contributed by atoms with van der Waals surface area (Å²) in [6.07, 6.45) is -0.488. The molecule has 1 aromatic heterocycles. The summed E-state index contributed by atoms with van der Waals surface area (Å²) < 4.78 is 12.0. The van der Waals surface area contributed by atoms with Crippen LogP contribution in [0.4, 0.5) is 4.79 Å². The van der Waals surface area contributed by atoms with Gasteiger partial charge in [-0.15, -0.1) is 11.3 Å². The van der Waals surface area contributed by atoms with E-state index in [4.69, 9.17) is 9.47 Å². The molecule has 1 aromatic carbocycles. The van der Waals surface area contributed by atoms with E-state index in [1.54, 1.807) is 44.1 Å². The van der Waals surface area contributed by atoms with Gasteiger partial charge in [-0.2, -0.15) is 0 Å². The van der Waals surface area contributed by atoms with Crippen molar-refractivity contribution < 1.29 is 19.1 Å². The van der Waals surface area contributed by atoms with Gasteiger partial charge in [0.1, 0.15) is 16.7 Å². The molecule has 146 valence electrons. The second-order valence-electron chi connectivity index (χ2n) is 7.53. The van der Waals surface area contributed by atoms with Crippen LogP contribution in [0.5, 0.6) is 0 Å². The molecule has 8 heteroatoms. The average molecular weight is 391 g/mol. The fraction of sp³-hybridized carbons (Fsp3) is 0.526. The molecule has 0 radical (unpaired) electrons. The van der Waals surface area contributed by atoms with Crippen LogP contribution >= 0.6 is 11.3 Å². The maximum absolute atomic E-state index is 13.0. The molecule has 3 rings (SSSR count). The number of nitrogens with zero attached hydrogens (tertiary/aromatic N) is 3. The number of thiazole rings is 1. The molecule has 1 aliphatic rings. The van der Waals surface area contributed by atoms with Crippen molar-refractivity contribution in [2.75, 3.05) is 26.8 Å². The molecule has 0 N–H and O–H groups in total. The summed E-state index contributed by atoms with van der Waals surface area (Å²) in [6.45, 7) is 6.70. The highest BCUT2D eigenvalue weighted by atomic mass is 32.1. The quantitative estimate of drug-likeness (QED) is 0.804. The van der Waals surface area contributed by atoms with Crippen LogP contribution in [0.25, 0.3) is 10.2 Å². The first-order valence-corrected chi connectivity index (χ1v) is 9.73. The lowest BCUT2D eigenvalue weighted by Crippen LogP contribution is -2.56. The van der Waals surface area contributed by atoms with Crippen molar-refractivity contribution >= 4 is 33.6 Å². The van der Waals surface area contributed by atoms with E-state index < -0.39 is 17.7 Å². The Morgan fingerprint density at radius 2 is 2.11 bits per heavy atom. The minimum Gasteiger partial charge on any atom is -0.444 e. The third-order valence-corrected chi connectivity index (χ3v) is 5.15. The molecule has 0 spiro atoms. The number of amides is 2. The third-order valence-electron chi connectivity index (χ3n) is 4.13. The normalized spacial score (nSPS) is 17.8. The number of benzene rings is 1. The van der Waals surface area contributed by atoms with Crippen molar-refractivity contribution in [2.45, 2.75) is 39.0 Å². The number of hydrogen-bond acceptors (Lipinski definition) is 6. The van der Waals surface area contributed by atoms with Gasteiger partial charge in [-0.05, 0) is 32.9 Å². The highest BCUT2D eigenvalue weighted by Crippen LogP contribution is 2.23. The summed E-state index contributed by atoms with van der Waals surface area (Å²) >= 11 is 1.56. The first-order chi connectivity index (χ1) is 12.7. The minimum absolute atomic E-state index is 0.169. The Hall–Kier alpha value is -2.19. The molecule has 1 fully saturated rings. The minimum atomic E-state index is -0.687. The van der Waals surface area contributed by atoms with Gasteiger partial charge in [-0.25, -0.2) is 9.78 Å². The highest BCUT2D eigenvalue weighted by Gasteiger charge is 2.37. The van der Waals surface area contributed by atoms with Gasteiger partial charge < -0.3 is 14.4 Å². The van der Waals surface area contributed by atoms with E-state index in [1.165, 1.54) is 4.90 Å². The van der Waals surface area contributed by atoms with Gasteiger partial charge in [-0.1, -0.05) is 12.1 Å². The van der Waals surface area contributed by atoms with E-state index in [9.17, 15) is 9.59 Å². The molecular weight excluding hydrogens is 366 g/mol. The van der Waals surface area contributed by atoms with Gasteiger partial charge in [0.25, 0.3) is 0 Å². The summed E-state index contributed by atoms with van der Waals surface area (Å²) in [4.78, 5) is 33.1. The lowest BCUT2D eigenvalue weighted by atomic mass is 10.2. The lowest BCUT2D eigenvalue weighted by molar-refractivity contribution is -0.142. The molecule has 27 heavy (non-hydrogen) atoms. The molecule has 1 saturated heterocycles. The van der Waals surface area contributed by atoms with Crippen LogP contribution in [0.15, 0.2) is 24.3 Å². The molecule has 0 bridgehead atoms. The van der Waals surface area contributed by atoms with Crippen LogP contribution < -0.4 is 0 Å². The Morgan fingerprint density at radius 3 is 2.81 bits per heavy atom. The van der Waals surface area contributed by atoms with Gasteiger partial charge >= 0.3 is 6.09 Å². The van der Waals surface area contributed by atoms with E-state index in [2.05, 4.69) is 4.98 Å². The van der Waals surface area contributed by atoms with Crippen LogP contribution in [0.1, 0.15) is 25.8 Å². The largest absolute Gasteiger partial charge is 0.444 e. The van der Waals surface area contributed by atoms with Crippen LogP contribution in [0.3, 0.4) is 0 Å². The van der Waals surface area contributed by atoms with Gasteiger partial charge in [-0.3, -0.25) is 9.69 Å². The Kier molecular flexibility index (Phi) is 5.67. The maximum Gasteiger partial charge on any atom is 0.411 e. The lowest BCUT2D eigenvalue weighted by Gasteiger charge is -2.37. The van der Waals surface area contributed by atoms with E-state index in [1.807, 2.05) is 24.3 Å². The summed E-state index contributed by atoms with van der Waals surface area (Å²) in [7, 11) is 1.72. The fourth-order valence-electron chi connectivity index (χ4n) is 2.87. The van der Waals surface area contributed by atoms with Crippen molar-refractivity contribution in [3.8, 4) is 0 Å². The van der Waals surface area contributed by atoms with Crippen LogP contribution in [-0.4, -0.2) is 65.2 Å². The average Bonchev–Trinajstić information content (AvgIpc) is 3.01. The van der Waals surface area contributed by atoms with E-state index >= 15 is 0 Å². The predicted molar refractivity (Wildman–Crippen MR) is 104 cm³/mol. The van der Waals surface area contributed by atoms with E-state index in [-0.39, 0.29) is 12.5 Å². The number of para-hydroxylation sites is 1. The van der Waals surface area contributed by atoms with Crippen LogP contribution in [0, 0.1) is 0 Å². The van der Waals surface area contributed by atoms with E-state index in [0.29, 0.717) is 19.7 Å². The number of carbonyl (C=O) groups is 2. The third kappa shape index (κ3) is 4.75. The molecule has 2 amide bonds. The zero-order valence-electron chi connectivity index (χ0n) is 16.1. The number of fused-ring (bicyclic) bond motifs is 1. The number of carbonyl (C=O) groups excluding carboxylic acids is 2. The van der Waals surface area contributed by atoms with Crippen LogP contribution in [0.2, 0.25) is 0 Å². The molecule has 0 saturated carbocycles. The van der Waals surface area contributed by atoms with Crippen LogP contribution in [-0.2, 0) is 20.8 Å². The number of morpholine rings is 1. The molecule has 1 aliphatic heterocycles. The van der Waals surface area contributed by atoms with Crippen molar-refractivity contribution in [2.24, 2.45) is 0 Å². The monoisotopic (exact) mass is 391 g/mol.